The third kappa shape index (κ3) is 8.54. The Balaban J connectivity index is 2.03. The van der Waals surface area contributed by atoms with E-state index in [1.54, 1.807) is 24.3 Å². The van der Waals surface area contributed by atoms with Gasteiger partial charge in [0.2, 0.25) is 21.8 Å². The first-order chi connectivity index (χ1) is 18.5. The number of nitrogens with one attached hydrogen (secondary N) is 1. The molecule has 0 bridgehead atoms. The Morgan fingerprint density at radius 2 is 1.54 bits per heavy atom. The molecule has 10 heteroatoms. The number of methoxy groups -OCH3 is 1. The Morgan fingerprint density at radius 1 is 0.923 bits per heavy atom. The highest BCUT2D eigenvalue weighted by atomic mass is 32.2. The van der Waals surface area contributed by atoms with Crippen molar-refractivity contribution in [3.05, 3.63) is 95.8 Å². The molecule has 39 heavy (non-hydrogen) atoms. The van der Waals surface area contributed by atoms with Gasteiger partial charge in [-0.15, -0.1) is 0 Å². The molecule has 8 nitrogen and oxygen atoms in total. The number of nitrogens with zero attached hydrogens (tertiary/aromatic N) is 2. The SMILES string of the molecule is COc1ccc(N(CC(=O)N(Cc2ccc(F)cc2)[C@@H](Cc2ccccc2)C(=O)NC(C)C)S(C)(=O)=O)cc1. The van der Waals surface area contributed by atoms with Crippen LogP contribution < -0.4 is 14.4 Å². The average Bonchev–Trinajstić information content (AvgIpc) is 2.90. The van der Waals surface area contributed by atoms with E-state index in [1.807, 2.05) is 44.2 Å². The van der Waals surface area contributed by atoms with Crippen molar-refractivity contribution in [2.45, 2.75) is 38.9 Å². The molecule has 0 unspecified atom stereocenters. The molecule has 1 N–H and O–H groups in total. The maximum Gasteiger partial charge on any atom is 0.244 e. The zero-order valence-corrected chi connectivity index (χ0v) is 23.3. The predicted molar refractivity (Wildman–Crippen MR) is 149 cm³/mol. The summed E-state index contributed by atoms with van der Waals surface area (Å²) < 4.78 is 45.3. The zero-order chi connectivity index (χ0) is 28.6. The number of rotatable bonds is 12. The second-order valence-electron chi connectivity index (χ2n) is 9.48. The van der Waals surface area contributed by atoms with Crippen LogP contribution in [0.5, 0.6) is 5.75 Å². The Kier molecular flexibility index (Phi) is 10.1. The molecule has 0 radical (unpaired) electrons. The fourth-order valence-corrected chi connectivity index (χ4v) is 4.93. The van der Waals surface area contributed by atoms with Gasteiger partial charge in [-0.3, -0.25) is 13.9 Å². The Bertz CT molecular complexity index is 1350. The van der Waals surface area contributed by atoms with E-state index in [1.165, 1.54) is 36.3 Å². The lowest BCUT2D eigenvalue weighted by atomic mass is 10.0. The van der Waals surface area contributed by atoms with Gasteiger partial charge in [-0.25, -0.2) is 12.8 Å². The standard InChI is InChI=1S/C29H34FN3O5S/c1-21(2)31-29(35)27(18-22-8-6-5-7-9-22)32(19-23-10-12-24(30)13-11-23)28(34)20-33(39(4,36)37)25-14-16-26(38-3)17-15-25/h5-17,21,27H,18-20H2,1-4H3,(H,31,35)/t27-/m0/s1. The molecule has 0 saturated carbocycles. The normalized spacial score (nSPS) is 12.1. The Morgan fingerprint density at radius 3 is 2.08 bits per heavy atom. The van der Waals surface area contributed by atoms with Crippen LogP contribution in [0.4, 0.5) is 10.1 Å². The highest BCUT2D eigenvalue weighted by molar-refractivity contribution is 7.92. The number of carbonyl (C=O) groups is 2. The van der Waals surface area contributed by atoms with Crippen LogP contribution in [0.2, 0.25) is 0 Å². The van der Waals surface area contributed by atoms with Crippen LogP contribution in [0, 0.1) is 5.82 Å². The first kappa shape index (κ1) is 29.6. The smallest absolute Gasteiger partial charge is 0.244 e. The van der Waals surface area contributed by atoms with E-state index in [-0.39, 0.29) is 30.6 Å². The van der Waals surface area contributed by atoms with Crippen LogP contribution in [-0.4, -0.2) is 57.1 Å². The quantitative estimate of drug-likeness (QED) is 0.367. The molecule has 1 atom stereocenters. The molecule has 2 amide bonds. The Hall–Kier alpha value is -3.92. The minimum Gasteiger partial charge on any atom is -0.497 e. The lowest BCUT2D eigenvalue weighted by Crippen LogP contribution is -2.54. The first-order valence-corrected chi connectivity index (χ1v) is 14.3. The summed E-state index contributed by atoms with van der Waals surface area (Å²) in [6.45, 7) is 3.08. The number of carbonyl (C=O) groups excluding carboxylic acids is 2. The second kappa shape index (κ2) is 13.2. The molecule has 0 aliphatic carbocycles. The van der Waals surface area contributed by atoms with Crippen LogP contribution in [0.1, 0.15) is 25.0 Å². The van der Waals surface area contributed by atoms with Gasteiger partial charge in [0.05, 0.1) is 19.1 Å². The van der Waals surface area contributed by atoms with Gasteiger partial charge in [0.15, 0.2) is 0 Å². The van der Waals surface area contributed by atoms with Crippen LogP contribution in [0.3, 0.4) is 0 Å². The lowest BCUT2D eigenvalue weighted by Gasteiger charge is -2.34. The lowest BCUT2D eigenvalue weighted by molar-refractivity contribution is -0.140. The summed E-state index contributed by atoms with van der Waals surface area (Å²) in [7, 11) is -2.38. The van der Waals surface area contributed by atoms with E-state index in [4.69, 9.17) is 4.74 Å². The van der Waals surface area contributed by atoms with Crippen molar-refractivity contribution in [3.63, 3.8) is 0 Å². The molecule has 0 aromatic heterocycles. The summed E-state index contributed by atoms with van der Waals surface area (Å²) in [6.07, 6.45) is 1.22. The zero-order valence-electron chi connectivity index (χ0n) is 22.5. The number of hydrogen-bond donors (Lipinski definition) is 1. The number of halogens is 1. The van der Waals surface area contributed by atoms with Crippen molar-refractivity contribution in [3.8, 4) is 5.75 Å². The fourth-order valence-electron chi connectivity index (χ4n) is 4.08. The fraction of sp³-hybridized carbons (Fsp3) is 0.310. The Labute approximate surface area is 229 Å². The summed E-state index contributed by atoms with van der Waals surface area (Å²) in [6, 6.07) is 20.0. The summed E-state index contributed by atoms with van der Waals surface area (Å²) in [5.74, 6) is -0.859. The number of hydrogen-bond acceptors (Lipinski definition) is 5. The minimum absolute atomic E-state index is 0.0255. The van der Waals surface area contributed by atoms with Crippen LogP contribution >= 0.6 is 0 Å². The van der Waals surface area contributed by atoms with E-state index in [0.29, 0.717) is 11.3 Å². The van der Waals surface area contributed by atoms with Gasteiger partial charge < -0.3 is 15.0 Å². The van der Waals surface area contributed by atoms with Crippen LogP contribution in [-0.2, 0) is 32.6 Å². The van der Waals surface area contributed by atoms with Gasteiger partial charge in [-0.1, -0.05) is 42.5 Å². The van der Waals surface area contributed by atoms with Crippen LogP contribution in [0.25, 0.3) is 0 Å². The van der Waals surface area contributed by atoms with Crippen molar-refractivity contribution < 1.29 is 27.1 Å². The monoisotopic (exact) mass is 555 g/mol. The van der Waals surface area contributed by atoms with Gasteiger partial charge in [-0.05, 0) is 61.4 Å². The van der Waals surface area contributed by atoms with Crippen molar-refractivity contribution in [1.82, 2.24) is 10.2 Å². The molecule has 0 fully saturated rings. The third-order valence-corrected chi connectivity index (χ3v) is 7.15. The molecule has 0 spiro atoms. The summed E-state index contributed by atoms with van der Waals surface area (Å²) in [5, 5.41) is 2.88. The van der Waals surface area contributed by atoms with Crippen molar-refractivity contribution >= 4 is 27.5 Å². The molecule has 208 valence electrons. The third-order valence-electron chi connectivity index (χ3n) is 6.01. The second-order valence-corrected chi connectivity index (χ2v) is 11.4. The highest BCUT2D eigenvalue weighted by Crippen LogP contribution is 2.23. The van der Waals surface area contributed by atoms with Gasteiger partial charge in [0.1, 0.15) is 24.2 Å². The number of sulfonamides is 1. The largest absolute Gasteiger partial charge is 0.497 e. The van der Waals surface area contributed by atoms with Crippen LogP contribution in [0.15, 0.2) is 78.9 Å². The molecule has 3 aromatic rings. The maximum absolute atomic E-state index is 13.9. The topological polar surface area (TPSA) is 96.0 Å². The van der Waals surface area contributed by atoms with Crippen molar-refractivity contribution in [2.24, 2.45) is 0 Å². The van der Waals surface area contributed by atoms with E-state index in [0.717, 1.165) is 16.1 Å². The van der Waals surface area contributed by atoms with E-state index < -0.39 is 34.3 Å². The molecule has 0 aliphatic rings. The van der Waals surface area contributed by atoms with Crippen molar-refractivity contribution in [1.29, 1.82) is 0 Å². The molecule has 0 heterocycles. The summed E-state index contributed by atoms with van der Waals surface area (Å²) >= 11 is 0. The first-order valence-electron chi connectivity index (χ1n) is 12.5. The predicted octanol–water partition coefficient (Wildman–Crippen LogP) is 3.77. The molecule has 3 rings (SSSR count). The van der Waals surface area contributed by atoms with E-state index in [9.17, 15) is 22.4 Å². The van der Waals surface area contributed by atoms with Gasteiger partial charge in [0, 0.05) is 19.0 Å². The van der Waals surface area contributed by atoms with Gasteiger partial charge in [-0.2, -0.15) is 0 Å². The molecule has 3 aromatic carbocycles. The summed E-state index contributed by atoms with van der Waals surface area (Å²) in [4.78, 5) is 28.8. The average molecular weight is 556 g/mol. The maximum atomic E-state index is 13.9. The number of amides is 2. The number of anilines is 1. The van der Waals surface area contributed by atoms with Gasteiger partial charge in [0.25, 0.3) is 0 Å². The number of ether oxygens (including phenoxy) is 1. The van der Waals surface area contributed by atoms with Crippen molar-refractivity contribution in [2.75, 3.05) is 24.2 Å². The van der Waals surface area contributed by atoms with E-state index in [2.05, 4.69) is 5.32 Å². The van der Waals surface area contributed by atoms with Gasteiger partial charge >= 0.3 is 0 Å². The molecular weight excluding hydrogens is 521 g/mol. The molecule has 0 aliphatic heterocycles. The highest BCUT2D eigenvalue weighted by Gasteiger charge is 2.33. The molecular formula is C29H34FN3O5S. The minimum atomic E-state index is -3.87. The summed E-state index contributed by atoms with van der Waals surface area (Å²) in [5.41, 5.74) is 1.70. The molecule has 0 saturated heterocycles. The number of benzene rings is 3. The van der Waals surface area contributed by atoms with E-state index >= 15 is 0 Å².